The van der Waals surface area contributed by atoms with Crippen LogP contribution in [-0.4, -0.2) is 225 Å². The number of aromatic nitrogens is 9. The molecule has 0 bridgehead atoms. The van der Waals surface area contributed by atoms with E-state index in [1.807, 2.05) is 0 Å². The van der Waals surface area contributed by atoms with Crippen molar-refractivity contribution >= 4 is 53.5 Å². The van der Waals surface area contributed by atoms with E-state index in [1.54, 1.807) is 0 Å². The van der Waals surface area contributed by atoms with Crippen LogP contribution in [0.1, 0.15) is 362 Å². The summed E-state index contributed by atoms with van der Waals surface area (Å²) in [4.78, 5) is 72.5. The first-order valence-corrected chi connectivity index (χ1v) is 46.7. The van der Waals surface area contributed by atoms with E-state index in [-0.39, 0.29) is 103 Å². The van der Waals surface area contributed by atoms with Gasteiger partial charge in [0.15, 0.2) is 0 Å². The van der Waals surface area contributed by atoms with Gasteiger partial charge in [0.1, 0.15) is 0 Å². The molecule has 0 aliphatic carbocycles. The molecule has 662 valence electrons. The van der Waals surface area contributed by atoms with E-state index in [0.717, 1.165) is 229 Å². The van der Waals surface area contributed by atoms with Gasteiger partial charge in [-0.15, -0.1) is 0 Å². The largest absolute Gasteiger partial charge is 0.352 e. The Morgan fingerprint density at radius 3 is 0.621 bits per heavy atom. The van der Waals surface area contributed by atoms with Crippen molar-refractivity contribution in [1.29, 1.82) is 0 Å². The first-order valence-electron chi connectivity index (χ1n) is 46.7. The molecule has 9 rings (SSSR count). The van der Waals surface area contributed by atoms with Gasteiger partial charge in [0, 0.05) is 168 Å². The number of rotatable bonds is 39. The van der Waals surface area contributed by atoms with Gasteiger partial charge in [-0.05, 0) is 289 Å². The van der Waals surface area contributed by atoms with Crippen LogP contribution < -0.4 is 71.5 Å². The Kier molecular flexibility index (Phi) is 30.9. The number of likely N-dealkylation sites (tertiary alicyclic amines) is 1. The molecule has 6 aliphatic rings. The van der Waals surface area contributed by atoms with Crippen molar-refractivity contribution in [1.82, 2.24) is 76.3 Å². The van der Waals surface area contributed by atoms with Crippen molar-refractivity contribution in [2.45, 2.75) is 465 Å². The van der Waals surface area contributed by atoms with Crippen LogP contribution in [0, 0.1) is 0 Å². The summed E-state index contributed by atoms with van der Waals surface area (Å²) in [7, 11) is 2.32. The Morgan fingerprint density at radius 2 is 0.431 bits per heavy atom. The Balaban J connectivity index is 1.25. The fourth-order valence-electron chi connectivity index (χ4n) is 22.7. The van der Waals surface area contributed by atoms with Gasteiger partial charge in [0.05, 0.1) is 0 Å². The molecular formula is C92H174N24. The lowest BCUT2D eigenvalue weighted by molar-refractivity contribution is -0.0129. The Morgan fingerprint density at radius 1 is 0.259 bits per heavy atom. The van der Waals surface area contributed by atoms with Crippen molar-refractivity contribution < 1.29 is 0 Å². The third-order valence-corrected chi connectivity index (χ3v) is 26.3. The molecule has 0 unspecified atom stereocenters. The fraction of sp³-hybridized carbons (Fsp3) is 0.902. The molecule has 24 nitrogen and oxygen atoms in total. The highest BCUT2D eigenvalue weighted by Crippen LogP contribution is 2.44. The number of nitrogens with one attached hydrogen (secondary N) is 7. The van der Waals surface area contributed by atoms with Crippen molar-refractivity contribution in [3.05, 3.63) is 0 Å². The van der Waals surface area contributed by atoms with E-state index < -0.39 is 0 Å². The van der Waals surface area contributed by atoms with Crippen LogP contribution >= 0.6 is 0 Å². The van der Waals surface area contributed by atoms with Crippen molar-refractivity contribution in [2.24, 2.45) is 0 Å². The monoisotopic (exact) mass is 1620 g/mol. The van der Waals surface area contributed by atoms with Gasteiger partial charge in [-0.1, -0.05) is 80.1 Å². The molecule has 116 heavy (non-hydrogen) atoms. The summed E-state index contributed by atoms with van der Waals surface area (Å²) in [5.74, 6) is 6.40. The van der Waals surface area contributed by atoms with Crippen molar-refractivity contribution in [3.8, 4) is 0 Å². The van der Waals surface area contributed by atoms with Crippen molar-refractivity contribution in [2.75, 3.05) is 117 Å². The van der Waals surface area contributed by atoms with Crippen LogP contribution in [0.5, 0.6) is 0 Å². The van der Waals surface area contributed by atoms with E-state index in [9.17, 15) is 0 Å². The van der Waals surface area contributed by atoms with Gasteiger partial charge in [0.25, 0.3) is 0 Å². The predicted octanol–water partition coefficient (Wildman–Crippen LogP) is 17.1. The van der Waals surface area contributed by atoms with E-state index in [0.29, 0.717) is 44.0 Å². The van der Waals surface area contributed by atoms with Gasteiger partial charge in [0.2, 0.25) is 53.5 Å². The maximum Gasteiger partial charge on any atom is 0.232 e. The third-order valence-electron chi connectivity index (χ3n) is 26.3. The molecule has 0 spiro atoms. The zero-order valence-corrected chi connectivity index (χ0v) is 80.1. The van der Waals surface area contributed by atoms with Crippen LogP contribution in [-0.2, 0) is 0 Å². The second kappa shape index (κ2) is 37.8. The number of hydrogen-bond acceptors (Lipinski definition) is 24. The molecule has 3 aromatic heterocycles. The molecule has 6 saturated heterocycles. The maximum absolute atomic E-state index is 5.93. The van der Waals surface area contributed by atoms with Gasteiger partial charge in [-0.2, -0.15) is 44.9 Å². The summed E-state index contributed by atoms with van der Waals surface area (Å²) in [6, 6.07) is 1.18. The van der Waals surface area contributed by atoms with E-state index >= 15 is 0 Å². The maximum atomic E-state index is 5.93. The van der Waals surface area contributed by atoms with Gasteiger partial charge < -0.3 is 71.5 Å². The molecule has 0 radical (unpaired) electrons. The summed E-state index contributed by atoms with van der Waals surface area (Å²) < 4.78 is 0. The lowest BCUT2D eigenvalue weighted by Crippen LogP contribution is -2.63. The minimum atomic E-state index is -0.120. The van der Waals surface area contributed by atoms with Crippen LogP contribution in [0.15, 0.2) is 0 Å². The van der Waals surface area contributed by atoms with Gasteiger partial charge in [-0.3, -0.25) is 4.90 Å². The fourth-order valence-corrected chi connectivity index (χ4v) is 22.7. The Labute approximate surface area is 708 Å². The van der Waals surface area contributed by atoms with E-state index in [4.69, 9.17) is 44.9 Å². The molecule has 0 saturated carbocycles. The highest BCUT2D eigenvalue weighted by Gasteiger charge is 2.50. The minimum absolute atomic E-state index is 0.0520. The standard InChI is InChI=1S/C92H174N24/c1-32-38-46-111(66-54-81(7,8)104-82(9,10)55-66)75-95-72(96-76(101-75)112(47-39-33-2)67-56-83(11,12)105-84(13,14)57-67)93-44-52-110(74-99-79(114(49-41-35-4)69-60-87(19,20)107-88(21,22)61-69)103-80(100-74)115(50-42-36-5)70-62-89(23,24)108-90(25,26)63-70)53-45-94-73-97-77(113(48-40-34-3)68-58-85(15,16)106-86(17,18)59-68)102-78(98-73)116(51-43-37-6)71-64-91(27,28)109(31)92(29,30)65-71/h66-71,104-108H,32-65H2,1-31H3,(H,93,95,96,101)(H,94,97,98,102). The zero-order chi connectivity index (χ0) is 85.6. The lowest BCUT2D eigenvalue weighted by atomic mass is 9.77. The first-order chi connectivity index (χ1) is 53.8. The first kappa shape index (κ1) is 94.8. The van der Waals surface area contributed by atoms with E-state index in [2.05, 4.69) is 291 Å². The number of piperidine rings is 6. The van der Waals surface area contributed by atoms with Crippen LogP contribution in [0.4, 0.5) is 53.5 Å². The average molecular weight is 1620 g/mol. The van der Waals surface area contributed by atoms with Crippen molar-refractivity contribution in [3.63, 3.8) is 0 Å². The number of unbranched alkanes of at least 4 members (excludes halogenated alkanes) is 6. The molecule has 9 heterocycles. The summed E-state index contributed by atoms with van der Waals surface area (Å²) in [6.07, 6.45) is 24.1. The summed E-state index contributed by atoms with van der Waals surface area (Å²) in [5.41, 5.74) is -1.15. The second-order valence-electron chi connectivity index (χ2n) is 44.9. The average Bonchev–Trinajstić information content (AvgIpc) is 0.762. The second-order valence-corrected chi connectivity index (χ2v) is 44.9. The Hall–Kier alpha value is -5.01. The number of nitrogens with zero attached hydrogens (tertiary/aromatic N) is 17. The predicted molar refractivity (Wildman–Crippen MR) is 493 cm³/mol. The number of anilines is 9. The quantitative estimate of drug-likeness (QED) is 0.0282. The van der Waals surface area contributed by atoms with Gasteiger partial charge >= 0.3 is 0 Å². The molecule has 3 aromatic rings. The molecule has 7 N–H and O–H groups in total. The third kappa shape index (κ3) is 26.0. The molecule has 0 amide bonds. The molecule has 0 atom stereocenters. The van der Waals surface area contributed by atoms with Crippen LogP contribution in [0.3, 0.4) is 0 Å². The number of hydrogen-bond donors (Lipinski definition) is 7. The highest BCUT2D eigenvalue weighted by atomic mass is 15.4. The molecule has 6 aliphatic heterocycles. The molecule has 0 aromatic carbocycles. The Bertz CT molecular complexity index is 3340. The van der Waals surface area contributed by atoms with Gasteiger partial charge in [-0.25, -0.2) is 0 Å². The molecule has 6 fully saturated rings. The van der Waals surface area contributed by atoms with E-state index in [1.165, 1.54) is 0 Å². The molecular weight excluding hydrogens is 1440 g/mol. The SMILES string of the molecule is CCCCN(c1nc(NCCN(CCNc2nc(N(CCCC)C3CC(C)(C)NC(C)(C)C3)nc(N(CCCC)C3CC(C)(C)N(C)C(C)(C)C3)n2)c2nc(N(CCCC)C3CC(C)(C)NC(C)(C)C3)nc(N(CCCC)C3CC(C)(C)NC(C)(C)C3)n2)nc(N(CCCC)C2CC(C)(C)NC(C)(C)C2)n1)C1CC(C)(C)NC(C)(C)C1. The minimum Gasteiger partial charge on any atom is -0.352 e. The van der Waals surface area contributed by atoms with Crippen LogP contribution in [0.2, 0.25) is 0 Å². The summed E-state index contributed by atoms with van der Waals surface area (Å²) in [6.45, 7) is 78.1. The summed E-state index contributed by atoms with van der Waals surface area (Å²) in [5, 5.41) is 28.1. The van der Waals surface area contributed by atoms with Crippen LogP contribution in [0.25, 0.3) is 0 Å². The summed E-state index contributed by atoms with van der Waals surface area (Å²) >= 11 is 0. The highest BCUT2D eigenvalue weighted by molar-refractivity contribution is 5.52. The topological polar surface area (TPSA) is 226 Å². The lowest BCUT2D eigenvalue weighted by Gasteiger charge is -2.55. The molecule has 24 heteroatoms. The smallest absolute Gasteiger partial charge is 0.232 e. The zero-order valence-electron chi connectivity index (χ0n) is 80.1. The normalized spacial score (nSPS) is 23.0.